The monoisotopic (exact) mass is 224 g/mol. The lowest BCUT2D eigenvalue weighted by Gasteiger charge is -1.97. The number of pyridine rings is 1. The summed E-state index contributed by atoms with van der Waals surface area (Å²) in [5.74, 6) is 9.03. The van der Waals surface area contributed by atoms with Crippen molar-refractivity contribution in [1.29, 1.82) is 0 Å². The van der Waals surface area contributed by atoms with Gasteiger partial charge in [-0.15, -0.1) is 6.42 Å². The smallest absolute Gasteiger partial charge is 0.187 e. The molecule has 1 aromatic rings. The number of rotatable bonds is 4. The van der Waals surface area contributed by atoms with Gasteiger partial charge in [0.25, 0.3) is 5.69 Å². The second kappa shape index (κ2) is 7.31. The zero-order valence-electron chi connectivity index (χ0n) is 10.4. The summed E-state index contributed by atoms with van der Waals surface area (Å²) in [6.07, 6.45) is 12.5. The van der Waals surface area contributed by atoms with Gasteiger partial charge in [0.05, 0.1) is 0 Å². The van der Waals surface area contributed by atoms with Gasteiger partial charge in [-0.3, -0.25) is 0 Å². The van der Waals surface area contributed by atoms with Gasteiger partial charge in [0.15, 0.2) is 12.7 Å². The van der Waals surface area contributed by atoms with Crippen LogP contribution in [0.2, 0.25) is 0 Å². The molecule has 0 fully saturated rings. The molecule has 0 atom stereocenters. The summed E-state index contributed by atoms with van der Waals surface area (Å²) < 4.78 is 2.03. The highest BCUT2D eigenvalue weighted by Gasteiger charge is 2.10. The largest absolute Gasteiger partial charge is 0.272 e. The molecule has 0 radical (unpaired) electrons. The Hall–Kier alpha value is -1.99. The van der Waals surface area contributed by atoms with Crippen LogP contribution in [0.15, 0.2) is 31.0 Å². The van der Waals surface area contributed by atoms with E-state index < -0.39 is 0 Å². The topological polar surface area (TPSA) is 3.88 Å². The van der Waals surface area contributed by atoms with Gasteiger partial charge in [0.2, 0.25) is 0 Å². The molecule has 1 heterocycles. The summed E-state index contributed by atoms with van der Waals surface area (Å²) in [6.45, 7) is 6.63. The Morgan fingerprint density at radius 1 is 1.53 bits per heavy atom. The van der Waals surface area contributed by atoms with Crippen molar-refractivity contribution in [2.45, 2.75) is 32.7 Å². The maximum Gasteiger partial charge on any atom is 0.272 e. The van der Waals surface area contributed by atoms with Gasteiger partial charge >= 0.3 is 0 Å². The normalized spacial score (nSPS) is 8.94. The summed E-state index contributed by atoms with van der Waals surface area (Å²) in [4.78, 5) is 0. The Bertz CT molecular complexity index is 480. The van der Waals surface area contributed by atoms with E-state index in [4.69, 9.17) is 6.42 Å². The van der Waals surface area contributed by atoms with Gasteiger partial charge in [-0.05, 0) is 18.6 Å². The highest BCUT2D eigenvalue weighted by molar-refractivity contribution is 5.42. The first-order valence-corrected chi connectivity index (χ1v) is 5.92. The fraction of sp³-hybridized carbons (Fsp3) is 0.312. The number of terminal acetylenes is 1. The van der Waals surface area contributed by atoms with Gasteiger partial charge in [0, 0.05) is 18.4 Å². The maximum atomic E-state index is 5.49. The Morgan fingerprint density at radius 2 is 2.35 bits per heavy atom. The van der Waals surface area contributed by atoms with Crippen LogP contribution in [0, 0.1) is 24.2 Å². The Kier molecular flexibility index (Phi) is 5.62. The molecule has 0 amide bonds. The molecule has 0 saturated heterocycles. The van der Waals surface area contributed by atoms with E-state index in [9.17, 15) is 0 Å². The van der Waals surface area contributed by atoms with E-state index in [1.807, 2.05) is 29.0 Å². The van der Waals surface area contributed by atoms with Gasteiger partial charge in [-0.2, -0.15) is 4.57 Å². The molecule has 0 aliphatic rings. The third-order valence-electron chi connectivity index (χ3n) is 2.41. The highest BCUT2D eigenvalue weighted by atomic mass is 14.9. The number of hydrogen-bond donors (Lipinski definition) is 0. The number of allylic oxidation sites excluding steroid dienone is 1. The van der Waals surface area contributed by atoms with Crippen molar-refractivity contribution in [3.8, 4) is 24.2 Å². The zero-order chi connectivity index (χ0) is 12.5. The Labute approximate surface area is 104 Å². The summed E-state index contributed by atoms with van der Waals surface area (Å²) in [6, 6.07) is 3.86. The van der Waals surface area contributed by atoms with Crippen molar-refractivity contribution in [2.75, 3.05) is 0 Å². The van der Waals surface area contributed by atoms with Gasteiger partial charge < -0.3 is 0 Å². The lowest BCUT2D eigenvalue weighted by Crippen LogP contribution is -2.36. The molecule has 1 rings (SSSR count). The molecular formula is C16H18N+. The third-order valence-corrected chi connectivity index (χ3v) is 2.41. The average Bonchev–Trinajstić information content (AvgIpc) is 2.36. The standard InChI is InChI=1S/C16H18N/c1-4-7-8-9-12-16-15(6-3)11-10-14-17(16)13-5-2/h3,5,10-11,14H,2,4,7-8,13H2,1H3/q+1. The molecule has 0 bridgehead atoms. The Balaban J connectivity index is 3.03. The first-order chi connectivity index (χ1) is 8.33. The quantitative estimate of drug-likeness (QED) is 0.320. The fourth-order valence-corrected chi connectivity index (χ4v) is 1.51. The van der Waals surface area contributed by atoms with Crippen LogP contribution < -0.4 is 4.57 Å². The van der Waals surface area contributed by atoms with Crippen molar-refractivity contribution in [3.05, 3.63) is 42.2 Å². The molecule has 0 unspecified atom stereocenters. The minimum absolute atomic E-state index is 0.729. The van der Waals surface area contributed by atoms with E-state index in [2.05, 4.69) is 31.3 Å². The van der Waals surface area contributed by atoms with E-state index in [0.717, 1.165) is 37.1 Å². The van der Waals surface area contributed by atoms with E-state index in [0.29, 0.717) is 0 Å². The first kappa shape index (κ1) is 13.1. The minimum atomic E-state index is 0.729. The molecule has 0 N–H and O–H groups in total. The first-order valence-electron chi connectivity index (χ1n) is 5.92. The zero-order valence-corrected chi connectivity index (χ0v) is 10.4. The van der Waals surface area contributed by atoms with Crippen molar-refractivity contribution in [2.24, 2.45) is 0 Å². The molecule has 0 saturated carbocycles. The average molecular weight is 224 g/mol. The van der Waals surface area contributed by atoms with Gasteiger partial charge in [-0.25, -0.2) is 0 Å². The van der Waals surface area contributed by atoms with Crippen LogP contribution in [0.4, 0.5) is 0 Å². The molecule has 0 spiro atoms. The number of aromatic nitrogens is 1. The molecular weight excluding hydrogens is 206 g/mol. The summed E-state index contributed by atoms with van der Waals surface area (Å²) in [5.41, 5.74) is 1.75. The SMILES string of the molecule is C#Cc1ccc[n+](CC=C)c1C#CCCCC. The molecule has 86 valence electrons. The molecule has 1 aromatic heterocycles. The summed E-state index contributed by atoms with van der Waals surface area (Å²) in [7, 11) is 0. The van der Waals surface area contributed by atoms with Crippen molar-refractivity contribution >= 4 is 0 Å². The fourth-order valence-electron chi connectivity index (χ4n) is 1.51. The minimum Gasteiger partial charge on any atom is -0.187 e. The highest BCUT2D eigenvalue weighted by Crippen LogP contribution is 2.01. The van der Waals surface area contributed by atoms with Crippen molar-refractivity contribution in [1.82, 2.24) is 0 Å². The van der Waals surface area contributed by atoms with Crippen LogP contribution >= 0.6 is 0 Å². The van der Waals surface area contributed by atoms with Crippen LogP contribution in [0.3, 0.4) is 0 Å². The molecule has 1 heteroatoms. The lowest BCUT2D eigenvalue weighted by molar-refractivity contribution is -0.689. The second-order valence-electron chi connectivity index (χ2n) is 3.76. The van der Waals surface area contributed by atoms with E-state index in [-0.39, 0.29) is 0 Å². The number of unbranched alkanes of at least 4 members (excludes halogenated alkanes) is 2. The summed E-state index contributed by atoms with van der Waals surface area (Å²) >= 11 is 0. The molecule has 0 aliphatic carbocycles. The van der Waals surface area contributed by atoms with E-state index in [1.165, 1.54) is 0 Å². The molecule has 0 aliphatic heterocycles. The van der Waals surface area contributed by atoms with Gasteiger partial charge in [0.1, 0.15) is 5.56 Å². The van der Waals surface area contributed by atoms with Crippen LogP contribution in [0.25, 0.3) is 0 Å². The van der Waals surface area contributed by atoms with Crippen LogP contribution in [-0.4, -0.2) is 0 Å². The number of hydrogen-bond acceptors (Lipinski definition) is 0. The van der Waals surface area contributed by atoms with E-state index >= 15 is 0 Å². The Morgan fingerprint density at radius 3 is 3.00 bits per heavy atom. The van der Waals surface area contributed by atoms with Crippen LogP contribution in [-0.2, 0) is 6.54 Å². The molecule has 17 heavy (non-hydrogen) atoms. The van der Waals surface area contributed by atoms with Crippen LogP contribution in [0.1, 0.15) is 37.4 Å². The predicted molar refractivity (Wildman–Crippen MR) is 71.2 cm³/mol. The maximum absolute atomic E-state index is 5.49. The lowest BCUT2D eigenvalue weighted by atomic mass is 10.2. The van der Waals surface area contributed by atoms with Crippen LogP contribution in [0.5, 0.6) is 0 Å². The van der Waals surface area contributed by atoms with Gasteiger partial charge in [-0.1, -0.05) is 31.8 Å². The second-order valence-corrected chi connectivity index (χ2v) is 3.76. The van der Waals surface area contributed by atoms with E-state index in [1.54, 1.807) is 0 Å². The predicted octanol–water partition coefficient (Wildman–Crippen LogP) is 2.68. The third kappa shape index (κ3) is 3.82. The van der Waals surface area contributed by atoms with Crippen molar-refractivity contribution in [3.63, 3.8) is 0 Å². The molecule has 1 nitrogen and oxygen atoms in total. The molecule has 0 aromatic carbocycles. The number of nitrogens with zero attached hydrogens (tertiary/aromatic N) is 1. The van der Waals surface area contributed by atoms with Crippen molar-refractivity contribution < 1.29 is 4.57 Å². The summed E-state index contributed by atoms with van der Waals surface area (Å²) in [5, 5.41) is 0.